The summed E-state index contributed by atoms with van der Waals surface area (Å²) in [6.07, 6.45) is 1.60. The second kappa shape index (κ2) is 7.11. The van der Waals surface area contributed by atoms with Crippen LogP contribution in [0, 0.1) is 0 Å². The molecule has 0 saturated heterocycles. The minimum Gasteiger partial charge on any atom is -0.478 e. The lowest BCUT2D eigenvalue weighted by Gasteiger charge is -2.15. The third-order valence-corrected chi connectivity index (χ3v) is 4.51. The van der Waals surface area contributed by atoms with Crippen molar-refractivity contribution in [2.24, 2.45) is 0 Å². The highest BCUT2D eigenvalue weighted by Crippen LogP contribution is 2.15. The molecule has 114 valence electrons. The first-order valence-electron chi connectivity index (χ1n) is 5.91. The summed E-state index contributed by atoms with van der Waals surface area (Å²) in [5.41, 5.74) is 0.177. The molecular weight excluding hydrogens is 298 g/mol. The molecule has 0 bridgehead atoms. The van der Waals surface area contributed by atoms with E-state index in [4.69, 9.17) is 10.2 Å². The molecule has 0 unspecified atom stereocenters. The molecule has 8 heteroatoms. The molecule has 0 amide bonds. The highest BCUT2D eigenvalue weighted by molar-refractivity contribution is 7.89. The predicted octanol–water partition coefficient (Wildman–Crippen LogP) is 0.123. The number of hydrogen-bond donors (Lipinski definition) is 2. The summed E-state index contributed by atoms with van der Waals surface area (Å²) in [5, 5.41) is 17.2. The van der Waals surface area contributed by atoms with E-state index >= 15 is 0 Å². The molecule has 0 aliphatic carbocycles. The molecule has 0 heterocycles. The summed E-state index contributed by atoms with van der Waals surface area (Å²) in [5.74, 6) is -1.78. The second-order valence-electron chi connectivity index (χ2n) is 4.11. The smallest absolute Gasteiger partial charge is 0.328 e. The van der Waals surface area contributed by atoms with E-state index in [1.807, 2.05) is 0 Å². The van der Waals surface area contributed by atoms with Crippen molar-refractivity contribution in [2.45, 2.75) is 4.90 Å². The topological polar surface area (TPSA) is 112 Å². The molecule has 0 atom stereocenters. The second-order valence-corrected chi connectivity index (χ2v) is 6.16. The Balaban J connectivity index is 2.97. The van der Waals surface area contributed by atoms with Crippen molar-refractivity contribution in [1.29, 1.82) is 0 Å². The number of sulfonamides is 1. The summed E-state index contributed by atoms with van der Waals surface area (Å²) in [7, 11) is -2.39. The van der Waals surface area contributed by atoms with Gasteiger partial charge in [0.1, 0.15) is 0 Å². The lowest BCUT2D eigenvalue weighted by Crippen LogP contribution is -2.29. The van der Waals surface area contributed by atoms with Gasteiger partial charge in [0.2, 0.25) is 10.0 Å². The number of carbonyl (C=O) groups excluding carboxylic acids is 1. The summed E-state index contributed by atoms with van der Waals surface area (Å²) in [6.45, 7) is -0.337. The van der Waals surface area contributed by atoms with Gasteiger partial charge >= 0.3 is 5.97 Å². The molecule has 1 aromatic carbocycles. The van der Waals surface area contributed by atoms with E-state index in [2.05, 4.69) is 0 Å². The zero-order chi connectivity index (χ0) is 16.0. The number of likely N-dealkylation sites (N-methyl/N-ethyl adjacent to an activating group) is 1. The number of carboxylic acid groups (broad SMARTS) is 1. The fourth-order valence-electron chi connectivity index (χ4n) is 1.48. The van der Waals surface area contributed by atoms with Crippen molar-refractivity contribution < 1.29 is 28.2 Å². The lowest BCUT2D eigenvalue weighted by molar-refractivity contribution is -0.131. The van der Waals surface area contributed by atoms with Crippen LogP contribution in [-0.4, -0.2) is 54.9 Å². The maximum absolute atomic E-state index is 12.1. The fraction of sp³-hybridized carbons (Fsp3) is 0.231. The van der Waals surface area contributed by atoms with Crippen LogP contribution in [0.25, 0.3) is 0 Å². The summed E-state index contributed by atoms with van der Waals surface area (Å²) >= 11 is 0. The third-order valence-electron chi connectivity index (χ3n) is 2.64. The van der Waals surface area contributed by atoms with Gasteiger partial charge in [-0.2, -0.15) is 4.31 Å². The largest absolute Gasteiger partial charge is 0.478 e. The van der Waals surface area contributed by atoms with Gasteiger partial charge in [-0.05, 0) is 30.3 Å². The van der Waals surface area contributed by atoms with Crippen LogP contribution in [0.3, 0.4) is 0 Å². The van der Waals surface area contributed by atoms with Gasteiger partial charge in [0.15, 0.2) is 5.78 Å². The van der Waals surface area contributed by atoms with Crippen molar-refractivity contribution >= 4 is 21.8 Å². The van der Waals surface area contributed by atoms with Gasteiger partial charge in [-0.25, -0.2) is 13.2 Å². The third kappa shape index (κ3) is 4.48. The normalized spacial score (nSPS) is 12.0. The monoisotopic (exact) mass is 313 g/mol. The number of nitrogens with zero attached hydrogens (tertiary/aromatic N) is 1. The SMILES string of the molecule is CN(CCO)S(=O)(=O)c1ccc(C(=O)/C=C/C(=O)O)cc1. The van der Waals surface area contributed by atoms with Crippen LogP contribution in [-0.2, 0) is 14.8 Å². The van der Waals surface area contributed by atoms with Crippen molar-refractivity contribution in [2.75, 3.05) is 20.2 Å². The zero-order valence-corrected chi connectivity index (χ0v) is 12.1. The highest BCUT2D eigenvalue weighted by Gasteiger charge is 2.20. The van der Waals surface area contributed by atoms with Gasteiger partial charge in [0.05, 0.1) is 11.5 Å². The predicted molar refractivity (Wildman–Crippen MR) is 74.4 cm³/mol. The number of aliphatic carboxylic acids is 1. The van der Waals surface area contributed by atoms with Crippen LogP contribution in [0.5, 0.6) is 0 Å². The number of carbonyl (C=O) groups is 2. The molecule has 0 saturated carbocycles. The van der Waals surface area contributed by atoms with E-state index in [9.17, 15) is 18.0 Å². The quantitative estimate of drug-likeness (QED) is 0.546. The molecule has 0 aliphatic heterocycles. The van der Waals surface area contributed by atoms with Crippen molar-refractivity contribution in [1.82, 2.24) is 4.31 Å². The number of carboxylic acids is 1. The van der Waals surface area contributed by atoms with Gasteiger partial charge in [-0.1, -0.05) is 0 Å². The Hall–Kier alpha value is -2.03. The Kier molecular flexibility index (Phi) is 5.77. The first-order chi connectivity index (χ1) is 9.78. The van der Waals surface area contributed by atoms with E-state index in [1.165, 1.54) is 31.3 Å². The average molecular weight is 313 g/mol. The molecule has 2 N–H and O–H groups in total. The van der Waals surface area contributed by atoms with Gasteiger partial charge in [-0.15, -0.1) is 0 Å². The first-order valence-corrected chi connectivity index (χ1v) is 7.35. The molecule has 21 heavy (non-hydrogen) atoms. The van der Waals surface area contributed by atoms with Crippen LogP contribution < -0.4 is 0 Å². The average Bonchev–Trinajstić information content (AvgIpc) is 2.45. The van der Waals surface area contributed by atoms with E-state index in [0.29, 0.717) is 6.08 Å². The summed E-state index contributed by atoms with van der Waals surface area (Å²) < 4.78 is 25.1. The standard InChI is InChI=1S/C13H15NO6S/c1-14(8-9-15)21(19,20)11-4-2-10(3-5-11)12(16)6-7-13(17)18/h2-7,15H,8-9H2,1H3,(H,17,18)/b7-6+. The fourth-order valence-corrected chi connectivity index (χ4v) is 2.64. The number of allylic oxidation sites excluding steroid dienone is 1. The Labute approximate surface area is 122 Å². The minimum absolute atomic E-state index is 0.0165. The van der Waals surface area contributed by atoms with Crippen molar-refractivity contribution in [3.8, 4) is 0 Å². The highest BCUT2D eigenvalue weighted by atomic mass is 32.2. The molecule has 7 nitrogen and oxygen atoms in total. The minimum atomic E-state index is -3.72. The number of benzene rings is 1. The lowest BCUT2D eigenvalue weighted by atomic mass is 10.1. The summed E-state index contributed by atoms with van der Waals surface area (Å²) in [4.78, 5) is 21.9. The molecule has 0 aromatic heterocycles. The molecule has 0 aliphatic rings. The maximum Gasteiger partial charge on any atom is 0.328 e. The Morgan fingerprint density at radius 3 is 2.24 bits per heavy atom. The van der Waals surface area contributed by atoms with E-state index < -0.39 is 21.8 Å². The van der Waals surface area contributed by atoms with Gasteiger partial charge < -0.3 is 10.2 Å². The van der Waals surface area contributed by atoms with Gasteiger partial charge in [0, 0.05) is 25.2 Å². The van der Waals surface area contributed by atoms with Crippen LogP contribution in [0.4, 0.5) is 0 Å². The Morgan fingerprint density at radius 1 is 1.19 bits per heavy atom. The van der Waals surface area contributed by atoms with Crippen molar-refractivity contribution in [3.05, 3.63) is 42.0 Å². The first kappa shape index (κ1) is 17.0. The number of aliphatic hydroxyl groups excluding tert-OH is 1. The van der Waals surface area contributed by atoms with E-state index in [0.717, 1.165) is 10.4 Å². The molecule has 1 rings (SSSR count). The van der Waals surface area contributed by atoms with Crippen molar-refractivity contribution in [3.63, 3.8) is 0 Å². The number of aliphatic hydroxyl groups is 1. The molecule has 0 fully saturated rings. The Morgan fingerprint density at radius 2 is 1.76 bits per heavy atom. The Bertz CT molecular complexity index is 648. The molecule has 0 spiro atoms. The van der Waals surface area contributed by atoms with Gasteiger partial charge in [-0.3, -0.25) is 4.79 Å². The molecule has 0 radical (unpaired) electrons. The van der Waals surface area contributed by atoms with E-state index in [-0.39, 0.29) is 23.6 Å². The van der Waals surface area contributed by atoms with E-state index in [1.54, 1.807) is 0 Å². The number of ketones is 1. The maximum atomic E-state index is 12.1. The summed E-state index contributed by atoms with van der Waals surface area (Å²) in [6, 6.07) is 5.11. The van der Waals surface area contributed by atoms with Crippen LogP contribution in [0.2, 0.25) is 0 Å². The number of rotatable bonds is 7. The van der Waals surface area contributed by atoms with Crippen LogP contribution in [0.1, 0.15) is 10.4 Å². The van der Waals surface area contributed by atoms with Gasteiger partial charge in [0.25, 0.3) is 0 Å². The molecule has 1 aromatic rings. The molecular formula is C13H15NO6S. The van der Waals surface area contributed by atoms with Crippen LogP contribution in [0.15, 0.2) is 41.3 Å². The zero-order valence-electron chi connectivity index (χ0n) is 11.3. The number of hydrogen-bond acceptors (Lipinski definition) is 5. The van der Waals surface area contributed by atoms with Crippen LogP contribution >= 0.6 is 0 Å².